The van der Waals surface area contributed by atoms with E-state index in [-0.39, 0.29) is 5.82 Å². The van der Waals surface area contributed by atoms with Gasteiger partial charge >= 0.3 is 6.18 Å². The summed E-state index contributed by atoms with van der Waals surface area (Å²) in [7, 11) is 1.62. The van der Waals surface area contributed by atoms with Crippen LogP contribution in [0.4, 0.5) is 13.2 Å². The Kier molecular flexibility index (Phi) is 8.32. The van der Waals surface area contributed by atoms with Gasteiger partial charge in [0.1, 0.15) is 11.5 Å². The van der Waals surface area contributed by atoms with Crippen LogP contribution >= 0.6 is 0 Å². The number of methoxy groups -OCH3 is 1. The molecule has 0 aliphatic rings. The van der Waals surface area contributed by atoms with E-state index in [2.05, 4.69) is 22.0 Å². The molecule has 0 amide bonds. The summed E-state index contributed by atoms with van der Waals surface area (Å²) in [5.41, 5.74) is -0.241. The van der Waals surface area contributed by atoms with Crippen LogP contribution in [-0.4, -0.2) is 41.8 Å². The SMILES string of the molecule is CCC(COc1ccc(OC)cc1)CN(CC)Cc1nc(-c2ccc(C(F)(F)F)cc2)no1. The summed E-state index contributed by atoms with van der Waals surface area (Å²) < 4.78 is 54.7. The lowest BCUT2D eigenvalue weighted by molar-refractivity contribution is -0.137. The molecule has 0 bridgehead atoms. The predicted molar refractivity (Wildman–Crippen MR) is 118 cm³/mol. The van der Waals surface area contributed by atoms with Crippen LogP contribution < -0.4 is 9.47 Å². The number of aromatic nitrogens is 2. The van der Waals surface area contributed by atoms with E-state index in [1.807, 2.05) is 31.2 Å². The molecule has 0 saturated heterocycles. The average Bonchev–Trinajstić information content (AvgIpc) is 3.29. The summed E-state index contributed by atoms with van der Waals surface area (Å²) in [5.74, 6) is 2.55. The minimum Gasteiger partial charge on any atom is -0.497 e. The van der Waals surface area contributed by atoms with E-state index >= 15 is 0 Å². The molecule has 2 aromatic carbocycles. The molecule has 9 heteroatoms. The molecule has 0 N–H and O–H groups in total. The van der Waals surface area contributed by atoms with Crippen LogP contribution in [0.5, 0.6) is 11.5 Å². The summed E-state index contributed by atoms with van der Waals surface area (Å²) in [6.45, 7) is 6.73. The van der Waals surface area contributed by atoms with Gasteiger partial charge in [-0.3, -0.25) is 4.90 Å². The molecule has 0 fully saturated rings. The Morgan fingerprint density at radius 3 is 2.24 bits per heavy atom. The molecule has 0 radical (unpaired) electrons. The van der Waals surface area contributed by atoms with Gasteiger partial charge in [-0.25, -0.2) is 0 Å². The molecule has 1 aromatic heterocycles. The van der Waals surface area contributed by atoms with Crippen molar-refractivity contribution in [3.63, 3.8) is 0 Å². The van der Waals surface area contributed by atoms with Crippen molar-refractivity contribution in [2.45, 2.75) is 33.0 Å². The van der Waals surface area contributed by atoms with Crippen molar-refractivity contribution in [1.29, 1.82) is 0 Å². The van der Waals surface area contributed by atoms with Gasteiger partial charge in [-0.1, -0.05) is 31.1 Å². The normalized spacial score (nSPS) is 12.7. The van der Waals surface area contributed by atoms with Gasteiger partial charge < -0.3 is 14.0 Å². The van der Waals surface area contributed by atoms with Crippen molar-refractivity contribution < 1.29 is 27.2 Å². The van der Waals surface area contributed by atoms with Gasteiger partial charge in [-0.05, 0) is 49.4 Å². The lowest BCUT2D eigenvalue weighted by Gasteiger charge is -2.24. The fraction of sp³-hybridized carbons (Fsp3) is 0.417. The van der Waals surface area contributed by atoms with Gasteiger partial charge in [0, 0.05) is 18.0 Å². The van der Waals surface area contributed by atoms with Gasteiger partial charge in [-0.15, -0.1) is 0 Å². The van der Waals surface area contributed by atoms with Crippen molar-refractivity contribution in [3.8, 4) is 22.9 Å². The van der Waals surface area contributed by atoms with Crippen molar-refractivity contribution in [2.75, 3.05) is 26.8 Å². The second kappa shape index (κ2) is 11.2. The molecule has 0 aliphatic carbocycles. The summed E-state index contributed by atoms with van der Waals surface area (Å²) >= 11 is 0. The van der Waals surface area contributed by atoms with E-state index in [4.69, 9.17) is 14.0 Å². The highest BCUT2D eigenvalue weighted by atomic mass is 19.4. The molecule has 178 valence electrons. The molecule has 1 atom stereocenters. The highest BCUT2D eigenvalue weighted by Gasteiger charge is 2.30. The lowest BCUT2D eigenvalue weighted by atomic mass is 10.1. The quantitative estimate of drug-likeness (QED) is 0.364. The summed E-state index contributed by atoms with van der Waals surface area (Å²) in [6.07, 6.45) is -3.44. The first kappa shape index (κ1) is 24.6. The predicted octanol–water partition coefficient (Wildman–Crippen LogP) is 5.69. The molecule has 6 nitrogen and oxygen atoms in total. The Hall–Kier alpha value is -3.07. The van der Waals surface area contributed by atoms with Crippen LogP contribution in [0.2, 0.25) is 0 Å². The molecular formula is C24H28F3N3O3. The number of hydrogen-bond acceptors (Lipinski definition) is 6. The van der Waals surface area contributed by atoms with E-state index in [0.29, 0.717) is 30.5 Å². The zero-order chi connectivity index (χ0) is 23.8. The van der Waals surface area contributed by atoms with Crippen LogP contribution in [0.25, 0.3) is 11.4 Å². The van der Waals surface area contributed by atoms with Crippen LogP contribution in [0.1, 0.15) is 31.7 Å². The number of nitrogens with zero attached hydrogens (tertiary/aromatic N) is 3. The third-order valence-corrected chi connectivity index (χ3v) is 5.38. The van der Waals surface area contributed by atoms with Crippen molar-refractivity contribution in [1.82, 2.24) is 15.0 Å². The number of halogens is 3. The van der Waals surface area contributed by atoms with Crippen molar-refractivity contribution in [3.05, 3.63) is 60.0 Å². The number of ether oxygens (including phenoxy) is 2. The van der Waals surface area contributed by atoms with Crippen LogP contribution in [0.15, 0.2) is 53.1 Å². The topological polar surface area (TPSA) is 60.6 Å². The van der Waals surface area contributed by atoms with Crippen molar-refractivity contribution in [2.24, 2.45) is 5.92 Å². The fourth-order valence-corrected chi connectivity index (χ4v) is 3.29. The first-order chi connectivity index (χ1) is 15.8. The maximum absolute atomic E-state index is 12.8. The second-order valence-electron chi connectivity index (χ2n) is 7.68. The van der Waals surface area contributed by atoms with Crippen LogP contribution in [0.3, 0.4) is 0 Å². The molecule has 1 unspecified atom stereocenters. The van der Waals surface area contributed by atoms with Gasteiger partial charge in [-0.2, -0.15) is 18.2 Å². The monoisotopic (exact) mass is 463 g/mol. The molecule has 3 aromatic rings. The number of alkyl halides is 3. The first-order valence-corrected chi connectivity index (χ1v) is 10.8. The van der Waals surface area contributed by atoms with E-state index < -0.39 is 11.7 Å². The Morgan fingerprint density at radius 2 is 1.67 bits per heavy atom. The Labute approximate surface area is 191 Å². The number of rotatable bonds is 11. The maximum Gasteiger partial charge on any atom is 0.416 e. The lowest BCUT2D eigenvalue weighted by Crippen LogP contribution is -2.31. The molecule has 0 spiro atoms. The minimum absolute atomic E-state index is 0.268. The summed E-state index contributed by atoms with van der Waals surface area (Å²) in [4.78, 5) is 6.54. The molecule has 33 heavy (non-hydrogen) atoms. The summed E-state index contributed by atoms with van der Waals surface area (Å²) in [6, 6.07) is 12.2. The van der Waals surface area contributed by atoms with Gasteiger partial charge in [0.25, 0.3) is 0 Å². The Bertz CT molecular complexity index is 989. The Morgan fingerprint density at radius 1 is 1.00 bits per heavy atom. The number of hydrogen-bond donors (Lipinski definition) is 0. The van der Waals surface area contributed by atoms with Gasteiger partial charge in [0.2, 0.25) is 11.7 Å². The van der Waals surface area contributed by atoms with Crippen LogP contribution in [0, 0.1) is 5.92 Å². The highest BCUT2D eigenvalue weighted by Crippen LogP contribution is 2.30. The zero-order valence-corrected chi connectivity index (χ0v) is 18.9. The summed E-state index contributed by atoms with van der Waals surface area (Å²) in [5, 5.41) is 3.93. The maximum atomic E-state index is 12.8. The van der Waals surface area contributed by atoms with E-state index in [1.54, 1.807) is 7.11 Å². The minimum atomic E-state index is -4.38. The largest absolute Gasteiger partial charge is 0.497 e. The molecular weight excluding hydrogens is 435 g/mol. The Balaban J connectivity index is 1.56. The fourth-order valence-electron chi connectivity index (χ4n) is 3.29. The molecule has 0 aliphatic heterocycles. The average molecular weight is 464 g/mol. The third-order valence-electron chi connectivity index (χ3n) is 5.38. The second-order valence-corrected chi connectivity index (χ2v) is 7.68. The van der Waals surface area contributed by atoms with Crippen molar-refractivity contribution >= 4 is 0 Å². The van der Waals surface area contributed by atoms with E-state index in [1.165, 1.54) is 12.1 Å². The molecule has 3 rings (SSSR count). The van der Waals surface area contributed by atoms with Gasteiger partial charge in [0.15, 0.2) is 0 Å². The van der Waals surface area contributed by atoms with Gasteiger partial charge in [0.05, 0.1) is 25.8 Å². The first-order valence-electron chi connectivity index (χ1n) is 10.8. The standard InChI is InChI=1S/C24H28F3N3O3/c1-4-17(16-32-21-12-10-20(31-3)11-13-21)14-30(5-2)15-22-28-23(29-33-22)18-6-8-19(9-7-18)24(25,26)27/h6-13,17H,4-5,14-16H2,1-3H3. The smallest absolute Gasteiger partial charge is 0.416 e. The molecule has 1 heterocycles. The number of benzene rings is 2. The van der Waals surface area contributed by atoms with E-state index in [0.717, 1.165) is 43.1 Å². The molecule has 0 saturated carbocycles. The third kappa shape index (κ3) is 6.95. The highest BCUT2D eigenvalue weighted by molar-refractivity contribution is 5.54. The zero-order valence-electron chi connectivity index (χ0n) is 18.9. The van der Waals surface area contributed by atoms with Crippen LogP contribution in [-0.2, 0) is 12.7 Å². The van der Waals surface area contributed by atoms with E-state index in [9.17, 15) is 13.2 Å².